The summed E-state index contributed by atoms with van der Waals surface area (Å²) in [6, 6.07) is 1.33. The van der Waals surface area contributed by atoms with Gasteiger partial charge in [0.05, 0.1) is 6.20 Å². The van der Waals surface area contributed by atoms with Crippen molar-refractivity contribution in [2.75, 3.05) is 13.1 Å². The summed E-state index contributed by atoms with van der Waals surface area (Å²) in [6.45, 7) is 4.52. The van der Waals surface area contributed by atoms with Crippen LogP contribution in [0.1, 0.15) is 31.7 Å². The van der Waals surface area contributed by atoms with Gasteiger partial charge in [0, 0.05) is 25.3 Å². The van der Waals surface area contributed by atoms with E-state index in [-0.39, 0.29) is 0 Å². The molecule has 96 valence electrons. The van der Waals surface area contributed by atoms with Gasteiger partial charge in [-0.1, -0.05) is 0 Å². The molecule has 0 saturated carbocycles. The monoisotopic (exact) mass is 236 g/mol. The summed E-state index contributed by atoms with van der Waals surface area (Å²) in [5.74, 6) is 0. The Morgan fingerprint density at radius 3 is 3.18 bits per heavy atom. The maximum Gasteiger partial charge on any atom is 0.0522 e. The molecule has 4 nitrogen and oxygen atoms in total. The van der Waals surface area contributed by atoms with E-state index in [0.717, 1.165) is 19.0 Å². The van der Waals surface area contributed by atoms with Gasteiger partial charge in [-0.05, 0) is 51.3 Å². The number of aromatic nitrogens is 2. The molecule has 0 amide bonds. The Labute approximate surface area is 104 Å². The molecule has 0 bridgehead atoms. The van der Waals surface area contributed by atoms with Crippen molar-refractivity contribution >= 4 is 0 Å². The first-order valence-corrected chi connectivity index (χ1v) is 6.68. The van der Waals surface area contributed by atoms with Crippen molar-refractivity contribution in [1.82, 2.24) is 20.4 Å². The van der Waals surface area contributed by atoms with E-state index in [0.29, 0.717) is 6.04 Å². The Kier molecular flexibility index (Phi) is 4.57. The van der Waals surface area contributed by atoms with Gasteiger partial charge in [0.1, 0.15) is 0 Å². The number of hydrogen-bond donors (Lipinski definition) is 2. The number of hydrogen-bond acceptors (Lipinski definition) is 3. The molecule has 0 aromatic carbocycles. The van der Waals surface area contributed by atoms with Crippen LogP contribution in [0.3, 0.4) is 0 Å². The normalized spacial score (nSPS) is 21.9. The molecule has 1 aromatic rings. The highest BCUT2D eigenvalue weighted by Gasteiger charge is 2.16. The largest absolute Gasteiger partial charge is 0.314 e. The number of aryl methyl sites for hydroxylation is 1. The molecule has 1 aliphatic heterocycles. The topological polar surface area (TPSA) is 41.9 Å². The van der Waals surface area contributed by atoms with Gasteiger partial charge in [-0.3, -0.25) is 4.68 Å². The Morgan fingerprint density at radius 2 is 2.53 bits per heavy atom. The second-order valence-corrected chi connectivity index (χ2v) is 5.16. The van der Waals surface area contributed by atoms with Gasteiger partial charge in [0.15, 0.2) is 0 Å². The lowest BCUT2D eigenvalue weighted by Gasteiger charge is -2.18. The average Bonchev–Trinajstić information content (AvgIpc) is 2.90. The first-order chi connectivity index (χ1) is 8.24. The predicted octanol–water partition coefficient (Wildman–Crippen LogP) is 1.08. The molecule has 1 fully saturated rings. The zero-order valence-electron chi connectivity index (χ0n) is 10.9. The third kappa shape index (κ3) is 4.13. The van der Waals surface area contributed by atoms with Gasteiger partial charge in [0.25, 0.3) is 0 Å². The fourth-order valence-corrected chi connectivity index (χ4v) is 2.53. The van der Waals surface area contributed by atoms with Crippen molar-refractivity contribution in [2.24, 2.45) is 7.05 Å². The van der Waals surface area contributed by atoms with E-state index in [1.165, 1.54) is 31.4 Å². The Bertz CT molecular complexity index is 328. The third-order valence-electron chi connectivity index (χ3n) is 3.47. The molecule has 1 aromatic heterocycles. The third-order valence-corrected chi connectivity index (χ3v) is 3.47. The van der Waals surface area contributed by atoms with E-state index in [2.05, 4.69) is 28.9 Å². The van der Waals surface area contributed by atoms with Crippen molar-refractivity contribution in [2.45, 2.75) is 44.7 Å². The van der Waals surface area contributed by atoms with Crippen LogP contribution < -0.4 is 10.6 Å². The Hall–Kier alpha value is -0.870. The molecule has 17 heavy (non-hydrogen) atoms. The summed E-state index contributed by atoms with van der Waals surface area (Å²) in [5, 5.41) is 11.3. The lowest BCUT2D eigenvalue weighted by Crippen LogP contribution is -2.34. The molecule has 2 rings (SSSR count). The predicted molar refractivity (Wildman–Crippen MR) is 70.0 cm³/mol. The summed E-state index contributed by atoms with van der Waals surface area (Å²) >= 11 is 0. The van der Waals surface area contributed by atoms with Gasteiger partial charge in [-0.2, -0.15) is 5.10 Å². The Morgan fingerprint density at radius 1 is 1.65 bits per heavy atom. The second kappa shape index (κ2) is 6.17. The van der Waals surface area contributed by atoms with Crippen LogP contribution in [0.15, 0.2) is 12.4 Å². The molecule has 2 N–H and O–H groups in total. The zero-order valence-corrected chi connectivity index (χ0v) is 10.9. The minimum absolute atomic E-state index is 0.599. The van der Waals surface area contributed by atoms with Crippen LogP contribution in [-0.2, 0) is 13.5 Å². The van der Waals surface area contributed by atoms with Gasteiger partial charge in [0.2, 0.25) is 0 Å². The summed E-state index contributed by atoms with van der Waals surface area (Å²) in [7, 11) is 1.96. The van der Waals surface area contributed by atoms with Gasteiger partial charge in [-0.15, -0.1) is 0 Å². The molecule has 0 aliphatic carbocycles. The van der Waals surface area contributed by atoms with Crippen molar-refractivity contribution in [3.05, 3.63) is 18.0 Å². The van der Waals surface area contributed by atoms with Gasteiger partial charge in [-0.25, -0.2) is 0 Å². The molecule has 4 heteroatoms. The van der Waals surface area contributed by atoms with E-state index in [9.17, 15) is 0 Å². The summed E-state index contributed by atoms with van der Waals surface area (Å²) < 4.78 is 1.86. The maximum absolute atomic E-state index is 4.18. The van der Waals surface area contributed by atoms with Crippen molar-refractivity contribution in [1.29, 1.82) is 0 Å². The summed E-state index contributed by atoms with van der Waals surface area (Å²) in [6.07, 6.45) is 9.03. The van der Waals surface area contributed by atoms with Crippen LogP contribution >= 0.6 is 0 Å². The van der Waals surface area contributed by atoms with Crippen LogP contribution in [0.2, 0.25) is 0 Å². The SMILES string of the molecule is CC(CC1CCCN1)NCCc1cnn(C)c1. The molecular weight excluding hydrogens is 212 g/mol. The highest BCUT2D eigenvalue weighted by molar-refractivity contribution is 5.03. The van der Waals surface area contributed by atoms with Gasteiger partial charge >= 0.3 is 0 Å². The number of nitrogens with zero attached hydrogens (tertiary/aromatic N) is 2. The van der Waals surface area contributed by atoms with Crippen molar-refractivity contribution in [3.63, 3.8) is 0 Å². The molecule has 2 unspecified atom stereocenters. The minimum Gasteiger partial charge on any atom is -0.314 e. The summed E-state index contributed by atoms with van der Waals surface area (Å²) in [4.78, 5) is 0. The van der Waals surface area contributed by atoms with Crippen LogP contribution in [0.4, 0.5) is 0 Å². The van der Waals surface area contributed by atoms with Crippen LogP contribution in [0.5, 0.6) is 0 Å². The number of rotatable bonds is 6. The smallest absolute Gasteiger partial charge is 0.0522 e. The standard InChI is InChI=1S/C13H24N4/c1-11(8-13-4-3-6-15-13)14-7-5-12-9-16-17(2)10-12/h9-11,13-15H,3-8H2,1-2H3. The van der Waals surface area contributed by atoms with E-state index >= 15 is 0 Å². The number of nitrogens with one attached hydrogen (secondary N) is 2. The van der Waals surface area contributed by atoms with E-state index < -0.39 is 0 Å². The van der Waals surface area contributed by atoms with Crippen LogP contribution in [0.25, 0.3) is 0 Å². The first-order valence-electron chi connectivity index (χ1n) is 6.68. The van der Waals surface area contributed by atoms with E-state index in [1.54, 1.807) is 0 Å². The lowest BCUT2D eigenvalue weighted by atomic mass is 10.1. The molecule has 1 aliphatic rings. The van der Waals surface area contributed by atoms with E-state index in [4.69, 9.17) is 0 Å². The Balaban J connectivity index is 1.60. The fraction of sp³-hybridized carbons (Fsp3) is 0.769. The molecule has 1 saturated heterocycles. The molecule has 0 spiro atoms. The molecular formula is C13H24N4. The zero-order chi connectivity index (χ0) is 12.1. The van der Waals surface area contributed by atoms with Crippen molar-refractivity contribution in [3.8, 4) is 0 Å². The molecule has 2 atom stereocenters. The van der Waals surface area contributed by atoms with E-state index in [1.807, 2.05) is 17.9 Å². The summed E-state index contributed by atoms with van der Waals surface area (Å²) in [5.41, 5.74) is 1.31. The lowest BCUT2D eigenvalue weighted by molar-refractivity contribution is 0.443. The van der Waals surface area contributed by atoms with Gasteiger partial charge < -0.3 is 10.6 Å². The highest BCUT2D eigenvalue weighted by Crippen LogP contribution is 2.10. The maximum atomic E-state index is 4.18. The minimum atomic E-state index is 0.599. The highest BCUT2D eigenvalue weighted by atomic mass is 15.2. The molecule has 0 radical (unpaired) electrons. The van der Waals surface area contributed by atoms with Crippen LogP contribution in [-0.4, -0.2) is 35.0 Å². The average molecular weight is 236 g/mol. The molecule has 2 heterocycles. The second-order valence-electron chi connectivity index (χ2n) is 5.16. The first kappa shape index (κ1) is 12.6. The quantitative estimate of drug-likeness (QED) is 0.777. The van der Waals surface area contributed by atoms with Crippen LogP contribution in [0, 0.1) is 0 Å². The fourth-order valence-electron chi connectivity index (χ4n) is 2.53. The van der Waals surface area contributed by atoms with Crippen molar-refractivity contribution < 1.29 is 0 Å².